The van der Waals surface area contributed by atoms with Crippen LogP contribution in [0, 0.1) is 10.7 Å². The van der Waals surface area contributed by atoms with Crippen molar-refractivity contribution in [2.45, 2.75) is 6.04 Å². The Morgan fingerprint density at radius 2 is 1.95 bits per heavy atom. The van der Waals surface area contributed by atoms with Crippen LogP contribution in [0.15, 0.2) is 47.6 Å². The minimum atomic E-state index is -0.991. The first-order chi connectivity index (χ1) is 9.17. The number of benzene rings is 2. The van der Waals surface area contributed by atoms with Gasteiger partial charge in [0.2, 0.25) is 0 Å². The highest BCUT2D eigenvalue weighted by Crippen LogP contribution is 2.35. The number of ether oxygens (including phenoxy) is 1. The van der Waals surface area contributed by atoms with Gasteiger partial charge in [-0.25, -0.2) is 4.39 Å². The van der Waals surface area contributed by atoms with E-state index in [1.165, 1.54) is 19.2 Å². The molecule has 0 amide bonds. The smallest absolute Gasteiger partial charge is 0.148 e. The molecule has 19 heavy (non-hydrogen) atoms. The zero-order valence-corrected chi connectivity index (χ0v) is 10.9. The molecule has 0 fully saturated rings. The molecule has 0 spiro atoms. The van der Waals surface area contributed by atoms with Crippen LogP contribution in [-0.2, 0) is 0 Å². The van der Waals surface area contributed by atoms with E-state index >= 15 is 0 Å². The van der Waals surface area contributed by atoms with E-state index in [1.54, 1.807) is 30.3 Å². The zero-order chi connectivity index (χ0) is 13.8. The summed E-state index contributed by atoms with van der Waals surface area (Å²) in [5, 5.41) is 3.44. The summed E-state index contributed by atoms with van der Waals surface area (Å²) in [7, 11) is 1.47. The minimum absolute atomic E-state index is 0.193. The Hall–Kier alpha value is -1.94. The molecule has 1 atom stereocenters. The summed E-state index contributed by atoms with van der Waals surface area (Å²) in [6, 6.07) is 9.81. The third-order valence-corrected chi connectivity index (χ3v) is 3.03. The van der Waals surface area contributed by atoms with E-state index in [4.69, 9.17) is 16.3 Å². The Labute approximate surface area is 114 Å². The maximum atomic E-state index is 13.8. The first-order valence-electron chi connectivity index (χ1n) is 5.57. The van der Waals surface area contributed by atoms with Crippen molar-refractivity contribution in [2.24, 2.45) is 5.18 Å². The van der Waals surface area contributed by atoms with Crippen molar-refractivity contribution in [1.82, 2.24) is 0 Å². The summed E-state index contributed by atoms with van der Waals surface area (Å²) in [5.74, 6) is -0.0496. The van der Waals surface area contributed by atoms with Gasteiger partial charge in [-0.3, -0.25) is 0 Å². The standard InChI is InChI=1S/C14H11ClFNO2/c1-19-13-7-6-9(15)8-11(13)14(17-18)10-4-2-3-5-12(10)16/h2-8,14H,1H3. The van der Waals surface area contributed by atoms with Crippen molar-refractivity contribution in [2.75, 3.05) is 7.11 Å². The van der Waals surface area contributed by atoms with E-state index in [1.807, 2.05) is 0 Å². The number of hydrogen-bond donors (Lipinski definition) is 0. The Balaban J connectivity index is 2.57. The fraction of sp³-hybridized carbons (Fsp3) is 0.143. The molecule has 1 unspecified atom stereocenters. The van der Waals surface area contributed by atoms with Gasteiger partial charge in [0.15, 0.2) is 0 Å². The highest BCUT2D eigenvalue weighted by molar-refractivity contribution is 6.30. The van der Waals surface area contributed by atoms with E-state index in [2.05, 4.69) is 5.18 Å². The predicted octanol–water partition coefficient (Wildman–Crippen LogP) is 4.34. The van der Waals surface area contributed by atoms with Crippen LogP contribution in [0.2, 0.25) is 5.02 Å². The van der Waals surface area contributed by atoms with Crippen LogP contribution in [0.1, 0.15) is 17.2 Å². The number of nitrogens with zero attached hydrogens (tertiary/aromatic N) is 1. The quantitative estimate of drug-likeness (QED) is 0.781. The first-order valence-corrected chi connectivity index (χ1v) is 5.95. The van der Waals surface area contributed by atoms with Crippen LogP contribution in [0.4, 0.5) is 4.39 Å². The van der Waals surface area contributed by atoms with Gasteiger partial charge >= 0.3 is 0 Å². The van der Waals surface area contributed by atoms with Crippen LogP contribution in [-0.4, -0.2) is 7.11 Å². The number of methoxy groups -OCH3 is 1. The molecule has 0 aliphatic heterocycles. The van der Waals surface area contributed by atoms with Crippen molar-refractivity contribution < 1.29 is 9.13 Å². The molecule has 0 heterocycles. The molecule has 2 aromatic carbocycles. The number of rotatable bonds is 4. The van der Waals surface area contributed by atoms with Crippen LogP contribution in [0.5, 0.6) is 5.75 Å². The van der Waals surface area contributed by atoms with Crippen molar-refractivity contribution >= 4 is 11.6 Å². The maximum Gasteiger partial charge on any atom is 0.148 e. The zero-order valence-electron chi connectivity index (χ0n) is 10.1. The number of halogens is 2. The molecule has 0 aromatic heterocycles. The molecule has 98 valence electrons. The summed E-state index contributed by atoms with van der Waals surface area (Å²) in [6.45, 7) is 0. The second-order valence-electron chi connectivity index (χ2n) is 3.92. The van der Waals surface area contributed by atoms with Gasteiger partial charge in [-0.15, -0.1) is 4.91 Å². The van der Waals surface area contributed by atoms with Crippen LogP contribution >= 0.6 is 11.6 Å². The summed E-state index contributed by atoms with van der Waals surface area (Å²) in [4.78, 5) is 11.1. The Kier molecular flexibility index (Phi) is 4.12. The summed E-state index contributed by atoms with van der Waals surface area (Å²) < 4.78 is 18.9. The van der Waals surface area contributed by atoms with Crippen molar-refractivity contribution in [3.8, 4) is 5.75 Å². The molecule has 0 N–H and O–H groups in total. The van der Waals surface area contributed by atoms with E-state index in [-0.39, 0.29) is 5.56 Å². The molecule has 2 rings (SSSR count). The van der Waals surface area contributed by atoms with E-state index in [9.17, 15) is 9.30 Å². The summed E-state index contributed by atoms with van der Waals surface area (Å²) in [6.07, 6.45) is 0. The van der Waals surface area contributed by atoms with E-state index in [0.29, 0.717) is 16.3 Å². The number of hydrogen-bond acceptors (Lipinski definition) is 3. The summed E-state index contributed by atoms with van der Waals surface area (Å²) in [5.41, 5.74) is 0.633. The van der Waals surface area contributed by atoms with Crippen LogP contribution < -0.4 is 4.74 Å². The molecule has 0 saturated carbocycles. The van der Waals surface area contributed by atoms with E-state index < -0.39 is 11.9 Å². The first kappa shape index (κ1) is 13.5. The lowest BCUT2D eigenvalue weighted by Gasteiger charge is -2.14. The van der Waals surface area contributed by atoms with Crippen LogP contribution in [0.25, 0.3) is 0 Å². The molecular formula is C14H11ClFNO2. The molecular weight excluding hydrogens is 269 g/mol. The third-order valence-electron chi connectivity index (χ3n) is 2.79. The normalized spacial score (nSPS) is 11.9. The van der Waals surface area contributed by atoms with Gasteiger partial charge in [-0.05, 0) is 24.3 Å². The van der Waals surface area contributed by atoms with Crippen molar-refractivity contribution in [3.63, 3.8) is 0 Å². The molecule has 0 radical (unpaired) electrons. The lowest BCUT2D eigenvalue weighted by molar-refractivity contribution is 0.407. The Morgan fingerprint density at radius 3 is 2.58 bits per heavy atom. The lowest BCUT2D eigenvalue weighted by Crippen LogP contribution is -2.03. The largest absolute Gasteiger partial charge is 0.496 e. The molecule has 0 saturated heterocycles. The van der Waals surface area contributed by atoms with Gasteiger partial charge in [-0.1, -0.05) is 35.0 Å². The fourth-order valence-electron chi connectivity index (χ4n) is 1.90. The lowest BCUT2D eigenvalue weighted by atomic mass is 9.98. The molecule has 0 bridgehead atoms. The van der Waals surface area contributed by atoms with Gasteiger partial charge in [0.05, 0.1) is 7.11 Å². The minimum Gasteiger partial charge on any atom is -0.496 e. The van der Waals surface area contributed by atoms with Crippen molar-refractivity contribution in [3.05, 3.63) is 69.3 Å². The topological polar surface area (TPSA) is 38.7 Å². The molecule has 0 aliphatic carbocycles. The van der Waals surface area contributed by atoms with Gasteiger partial charge in [0.25, 0.3) is 0 Å². The average Bonchev–Trinajstić information content (AvgIpc) is 2.42. The van der Waals surface area contributed by atoms with E-state index in [0.717, 1.165) is 0 Å². The van der Waals surface area contributed by atoms with Gasteiger partial charge in [0, 0.05) is 16.1 Å². The second-order valence-corrected chi connectivity index (χ2v) is 4.35. The van der Waals surface area contributed by atoms with Gasteiger partial charge in [0.1, 0.15) is 17.6 Å². The molecule has 5 heteroatoms. The molecule has 0 aliphatic rings. The van der Waals surface area contributed by atoms with Gasteiger partial charge in [-0.2, -0.15) is 0 Å². The highest BCUT2D eigenvalue weighted by Gasteiger charge is 2.22. The molecule has 3 nitrogen and oxygen atoms in total. The highest BCUT2D eigenvalue weighted by atomic mass is 35.5. The Morgan fingerprint density at radius 1 is 1.21 bits per heavy atom. The van der Waals surface area contributed by atoms with Crippen LogP contribution in [0.3, 0.4) is 0 Å². The predicted molar refractivity (Wildman–Crippen MR) is 72.0 cm³/mol. The average molecular weight is 280 g/mol. The fourth-order valence-corrected chi connectivity index (χ4v) is 2.08. The Bertz CT molecular complexity index is 604. The summed E-state index contributed by atoms with van der Waals surface area (Å²) >= 11 is 5.91. The SMILES string of the molecule is COc1ccc(Cl)cc1C(N=O)c1ccccc1F. The monoisotopic (exact) mass is 279 g/mol. The molecule has 2 aromatic rings. The third kappa shape index (κ3) is 2.74. The van der Waals surface area contributed by atoms with Gasteiger partial charge < -0.3 is 4.74 Å². The second kappa shape index (κ2) is 5.80. The number of nitroso groups, excluding NO2 is 1. The maximum absolute atomic E-state index is 13.8. The van der Waals surface area contributed by atoms with Crippen molar-refractivity contribution in [1.29, 1.82) is 0 Å².